The number of carbonyl (C=O) groups excluding carboxylic acids is 1. The van der Waals surface area contributed by atoms with Gasteiger partial charge in [0, 0.05) is 25.3 Å². The number of methoxy groups -OCH3 is 1. The number of amidine groups is 1. The van der Waals surface area contributed by atoms with Gasteiger partial charge in [-0.1, -0.05) is 74.5 Å². The molecule has 0 saturated carbocycles. The molecule has 3 rings (SSSR count). The van der Waals surface area contributed by atoms with E-state index >= 15 is 0 Å². The first-order valence-corrected chi connectivity index (χ1v) is 9.76. The third-order valence-electron chi connectivity index (χ3n) is 5.01. The zero-order valence-electron chi connectivity index (χ0n) is 16.8. The van der Waals surface area contributed by atoms with Gasteiger partial charge in [-0.15, -0.1) is 0 Å². The molecular formula is C24H28N2O2. The molecule has 0 saturated heterocycles. The fourth-order valence-corrected chi connectivity index (χ4v) is 3.38. The summed E-state index contributed by atoms with van der Waals surface area (Å²) < 4.78 is 5.42. The van der Waals surface area contributed by atoms with Gasteiger partial charge in [-0.05, 0) is 17.6 Å². The molecular weight excluding hydrogens is 348 g/mol. The standard InChI is InChI=1S/C24H28N2O2/c1-18(2)22(17-28-3)25-24(20-12-8-5-9-13-20)26-15-14-21(27)16-23(26)19-10-6-4-7-11-19/h4-15,18,22-23H,16-17H2,1-3H3/t22-,23+/m1/s1. The Balaban J connectivity index is 2.09. The second kappa shape index (κ2) is 9.47. The minimum absolute atomic E-state index is 0.0302. The van der Waals surface area contributed by atoms with E-state index in [1.54, 1.807) is 13.2 Å². The first-order valence-electron chi connectivity index (χ1n) is 9.76. The van der Waals surface area contributed by atoms with Gasteiger partial charge in [0.1, 0.15) is 5.84 Å². The summed E-state index contributed by atoms with van der Waals surface area (Å²) in [7, 11) is 1.71. The summed E-state index contributed by atoms with van der Waals surface area (Å²) in [6, 6.07) is 20.3. The molecule has 1 aliphatic heterocycles. The molecule has 1 aliphatic rings. The number of aliphatic imine (C=N–C) groups is 1. The molecule has 0 aromatic heterocycles. The van der Waals surface area contributed by atoms with Crippen LogP contribution in [-0.4, -0.2) is 36.3 Å². The van der Waals surface area contributed by atoms with Gasteiger partial charge in [-0.2, -0.15) is 0 Å². The zero-order valence-corrected chi connectivity index (χ0v) is 16.8. The van der Waals surface area contributed by atoms with E-state index in [4.69, 9.17) is 9.73 Å². The van der Waals surface area contributed by atoms with Crippen LogP contribution in [0.2, 0.25) is 0 Å². The van der Waals surface area contributed by atoms with Gasteiger partial charge in [-0.3, -0.25) is 9.79 Å². The summed E-state index contributed by atoms with van der Waals surface area (Å²) >= 11 is 0. The highest BCUT2D eigenvalue weighted by Crippen LogP contribution is 2.30. The van der Waals surface area contributed by atoms with E-state index in [0.717, 1.165) is 17.0 Å². The van der Waals surface area contributed by atoms with Crippen LogP contribution >= 0.6 is 0 Å². The maximum Gasteiger partial charge on any atom is 0.159 e. The van der Waals surface area contributed by atoms with Crippen molar-refractivity contribution in [2.45, 2.75) is 32.4 Å². The summed E-state index contributed by atoms with van der Waals surface area (Å²) in [5.74, 6) is 1.34. The first-order chi connectivity index (χ1) is 13.6. The molecule has 4 nitrogen and oxygen atoms in total. The molecule has 28 heavy (non-hydrogen) atoms. The lowest BCUT2D eigenvalue weighted by Crippen LogP contribution is -2.36. The van der Waals surface area contributed by atoms with Gasteiger partial charge in [-0.25, -0.2) is 0 Å². The summed E-state index contributed by atoms with van der Waals surface area (Å²) in [5.41, 5.74) is 2.14. The molecule has 0 radical (unpaired) electrons. The number of rotatable bonds is 6. The van der Waals surface area contributed by atoms with Crippen LogP contribution in [0.5, 0.6) is 0 Å². The van der Waals surface area contributed by atoms with Gasteiger partial charge in [0.05, 0.1) is 18.7 Å². The number of ketones is 1. The van der Waals surface area contributed by atoms with Crippen molar-refractivity contribution in [3.05, 3.63) is 84.1 Å². The third kappa shape index (κ3) is 4.76. The second-order valence-corrected chi connectivity index (χ2v) is 7.41. The van der Waals surface area contributed by atoms with Crippen molar-refractivity contribution in [3.8, 4) is 0 Å². The van der Waals surface area contributed by atoms with Gasteiger partial charge >= 0.3 is 0 Å². The number of hydrogen-bond donors (Lipinski definition) is 0. The van der Waals surface area contributed by atoms with E-state index in [9.17, 15) is 4.79 Å². The summed E-state index contributed by atoms with van der Waals surface area (Å²) in [6.07, 6.45) is 3.96. The Kier molecular flexibility index (Phi) is 6.77. The predicted octanol–water partition coefficient (Wildman–Crippen LogP) is 4.63. The quantitative estimate of drug-likeness (QED) is 0.545. The number of allylic oxidation sites excluding steroid dienone is 1. The van der Waals surface area contributed by atoms with E-state index in [1.165, 1.54) is 0 Å². The second-order valence-electron chi connectivity index (χ2n) is 7.41. The summed E-state index contributed by atoms with van der Waals surface area (Å²) in [5, 5.41) is 0. The third-order valence-corrected chi connectivity index (χ3v) is 5.01. The molecule has 146 valence electrons. The van der Waals surface area contributed by atoms with E-state index in [-0.39, 0.29) is 17.9 Å². The van der Waals surface area contributed by atoms with Crippen molar-refractivity contribution in [2.75, 3.05) is 13.7 Å². The fourth-order valence-electron chi connectivity index (χ4n) is 3.38. The maximum absolute atomic E-state index is 12.2. The molecule has 0 fully saturated rings. The number of ether oxygens (including phenoxy) is 1. The van der Waals surface area contributed by atoms with Crippen LogP contribution in [0.3, 0.4) is 0 Å². The van der Waals surface area contributed by atoms with E-state index in [0.29, 0.717) is 18.9 Å². The maximum atomic E-state index is 12.2. The van der Waals surface area contributed by atoms with Gasteiger partial charge in [0.15, 0.2) is 5.78 Å². The Morgan fingerprint density at radius 3 is 2.36 bits per heavy atom. The Morgan fingerprint density at radius 2 is 1.75 bits per heavy atom. The van der Waals surface area contributed by atoms with Crippen molar-refractivity contribution >= 4 is 11.6 Å². The van der Waals surface area contributed by atoms with Gasteiger partial charge in [0.25, 0.3) is 0 Å². The largest absolute Gasteiger partial charge is 0.382 e. The lowest BCUT2D eigenvalue weighted by atomic mass is 9.96. The zero-order chi connectivity index (χ0) is 19.9. The Labute approximate surface area is 167 Å². The van der Waals surface area contributed by atoms with Crippen molar-refractivity contribution in [3.63, 3.8) is 0 Å². The van der Waals surface area contributed by atoms with Crippen LogP contribution in [0.1, 0.15) is 37.4 Å². The van der Waals surface area contributed by atoms with Crippen LogP contribution in [0.4, 0.5) is 0 Å². The van der Waals surface area contributed by atoms with E-state index < -0.39 is 0 Å². The molecule has 0 unspecified atom stereocenters. The smallest absolute Gasteiger partial charge is 0.159 e. The Morgan fingerprint density at radius 1 is 1.11 bits per heavy atom. The molecule has 2 atom stereocenters. The lowest BCUT2D eigenvalue weighted by molar-refractivity contribution is -0.116. The topological polar surface area (TPSA) is 41.9 Å². The van der Waals surface area contributed by atoms with Gasteiger partial charge in [0.2, 0.25) is 0 Å². The minimum Gasteiger partial charge on any atom is -0.382 e. The van der Waals surface area contributed by atoms with Crippen molar-refractivity contribution < 1.29 is 9.53 Å². The number of carbonyl (C=O) groups is 1. The normalized spacial score (nSPS) is 18.6. The first kappa shape index (κ1) is 20.0. The molecule has 2 aromatic carbocycles. The molecule has 1 heterocycles. The fraction of sp³-hybridized carbons (Fsp3) is 0.333. The SMILES string of the molecule is COC[C@@H](N=C(c1ccccc1)N1C=CC(=O)C[C@H]1c1ccccc1)C(C)C. The van der Waals surface area contributed by atoms with Crippen molar-refractivity contribution in [1.82, 2.24) is 4.90 Å². The number of hydrogen-bond acceptors (Lipinski definition) is 3. The van der Waals surface area contributed by atoms with Gasteiger partial charge < -0.3 is 9.64 Å². The summed E-state index contributed by atoms with van der Waals surface area (Å²) in [6.45, 7) is 4.86. The van der Waals surface area contributed by atoms with Crippen LogP contribution in [-0.2, 0) is 9.53 Å². The van der Waals surface area contributed by atoms with Crippen molar-refractivity contribution in [1.29, 1.82) is 0 Å². The molecule has 2 aromatic rings. The average molecular weight is 377 g/mol. The molecule has 4 heteroatoms. The number of nitrogens with zero attached hydrogens (tertiary/aromatic N) is 2. The van der Waals surface area contributed by atoms with Crippen LogP contribution in [0.25, 0.3) is 0 Å². The monoisotopic (exact) mass is 376 g/mol. The Hall–Kier alpha value is -2.72. The lowest BCUT2D eigenvalue weighted by Gasteiger charge is -2.35. The average Bonchev–Trinajstić information content (AvgIpc) is 2.72. The number of benzene rings is 2. The van der Waals surface area contributed by atoms with Crippen LogP contribution in [0, 0.1) is 5.92 Å². The van der Waals surface area contributed by atoms with Crippen molar-refractivity contribution in [2.24, 2.45) is 10.9 Å². The predicted molar refractivity (Wildman–Crippen MR) is 113 cm³/mol. The Bertz CT molecular complexity index is 828. The molecule has 0 bridgehead atoms. The minimum atomic E-state index is -0.0759. The van der Waals surface area contributed by atoms with Crippen LogP contribution in [0.15, 0.2) is 77.9 Å². The summed E-state index contributed by atoms with van der Waals surface area (Å²) in [4.78, 5) is 19.5. The molecule has 0 amide bonds. The van der Waals surface area contributed by atoms with E-state index in [2.05, 4.69) is 43.0 Å². The highest BCUT2D eigenvalue weighted by atomic mass is 16.5. The van der Waals surface area contributed by atoms with E-state index in [1.807, 2.05) is 42.6 Å². The highest BCUT2D eigenvalue weighted by Gasteiger charge is 2.29. The highest BCUT2D eigenvalue weighted by molar-refractivity contribution is 6.02. The molecule has 0 aliphatic carbocycles. The van der Waals surface area contributed by atoms with Crippen LogP contribution < -0.4 is 0 Å². The molecule has 0 spiro atoms. The molecule has 0 N–H and O–H groups in total.